The van der Waals surface area contributed by atoms with Crippen LogP contribution in [0.25, 0.3) is 16.6 Å². The molecule has 0 saturated carbocycles. The molecule has 2 aliphatic heterocycles. The van der Waals surface area contributed by atoms with Gasteiger partial charge in [0.25, 0.3) is 0 Å². The van der Waals surface area contributed by atoms with E-state index < -0.39 is 5.97 Å². The lowest BCUT2D eigenvalue weighted by Gasteiger charge is -2.28. The number of carbonyl (C=O) groups is 1. The molecule has 1 fully saturated rings. The Labute approximate surface area is 249 Å². The molecule has 208 valence electrons. The van der Waals surface area contributed by atoms with Crippen LogP contribution in [0.1, 0.15) is 33.7 Å². The van der Waals surface area contributed by atoms with Crippen LogP contribution in [0.2, 0.25) is 10.0 Å². The predicted molar refractivity (Wildman–Crippen MR) is 162 cm³/mol. The van der Waals surface area contributed by atoms with Crippen LogP contribution >= 0.6 is 36.7 Å². The monoisotopic (exact) mass is 597 g/mol. The number of halogens is 2. The van der Waals surface area contributed by atoms with Crippen molar-refractivity contribution < 1.29 is 19.4 Å². The molecule has 0 unspecified atom stereocenters. The normalized spacial score (nSPS) is 16.9. The minimum atomic E-state index is -0.941. The maximum atomic E-state index is 11.6. The van der Waals surface area contributed by atoms with Crippen molar-refractivity contribution in [3.63, 3.8) is 0 Å². The van der Waals surface area contributed by atoms with E-state index in [9.17, 15) is 9.90 Å². The standard InChI is InChI=1S/C30H27Cl2N3O4.H2S/c31-23-5-7-28(25(32)14-23)39-18-19-2-1-3-20(12-19)22-8-10-34(15-22)17-29-33-26-6-4-21(30(36)37)13-27(26)35(29)16-24-9-11-38-24;/h1-8,12-14,24H,9-11,15-18H2,(H,36,37);1H2/t24-;/m0./s1. The smallest absolute Gasteiger partial charge is 0.335 e. The first-order valence-corrected chi connectivity index (χ1v) is 13.6. The lowest BCUT2D eigenvalue weighted by Crippen LogP contribution is -2.32. The van der Waals surface area contributed by atoms with Gasteiger partial charge in [-0.2, -0.15) is 13.5 Å². The Kier molecular flexibility index (Phi) is 8.73. The van der Waals surface area contributed by atoms with Crippen LogP contribution in [-0.4, -0.2) is 51.3 Å². The predicted octanol–water partition coefficient (Wildman–Crippen LogP) is 6.42. The highest BCUT2D eigenvalue weighted by molar-refractivity contribution is 7.59. The van der Waals surface area contributed by atoms with Crippen molar-refractivity contribution in [2.24, 2.45) is 0 Å². The first kappa shape index (κ1) is 28.5. The molecule has 1 aromatic heterocycles. The molecule has 1 saturated heterocycles. The van der Waals surface area contributed by atoms with Gasteiger partial charge in [-0.1, -0.05) is 47.5 Å². The Morgan fingerprint density at radius 2 is 1.98 bits per heavy atom. The molecular formula is C30H29Cl2N3O4S. The molecule has 2 aliphatic rings. The SMILES string of the molecule is O=C(O)c1ccc2nc(CN3CC=C(c4cccc(COc5ccc(Cl)cc5Cl)c4)C3)n(C[C@@H]3CCO3)c2c1.S. The molecule has 6 rings (SSSR count). The molecule has 7 nitrogen and oxygen atoms in total. The number of hydrogen-bond acceptors (Lipinski definition) is 5. The molecule has 0 amide bonds. The summed E-state index contributed by atoms with van der Waals surface area (Å²) >= 11 is 12.2. The van der Waals surface area contributed by atoms with E-state index in [1.165, 1.54) is 5.57 Å². The first-order chi connectivity index (χ1) is 18.9. The molecule has 3 aromatic carbocycles. The highest BCUT2D eigenvalue weighted by atomic mass is 35.5. The zero-order valence-electron chi connectivity index (χ0n) is 21.6. The number of carboxylic acids is 1. The zero-order valence-corrected chi connectivity index (χ0v) is 24.2. The van der Waals surface area contributed by atoms with Gasteiger partial charge in [0.05, 0.1) is 40.8 Å². The van der Waals surface area contributed by atoms with Crippen molar-refractivity contribution >= 4 is 59.3 Å². The van der Waals surface area contributed by atoms with Crippen LogP contribution in [0.3, 0.4) is 0 Å². The Hall–Kier alpha value is -3.01. The third kappa shape index (κ3) is 6.16. The number of carboxylic acid groups (broad SMARTS) is 1. The molecule has 0 bridgehead atoms. The van der Waals surface area contributed by atoms with E-state index in [-0.39, 0.29) is 25.2 Å². The molecular weight excluding hydrogens is 569 g/mol. The van der Waals surface area contributed by atoms with Gasteiger partial charge in [0.1, 0.15) is 18.2 Å². The lowest BCUT2D eigenvalue weighted by atomic mass is 10.0. The summed E-state index contributed by atoms with van der Waals surface area (Å²) in [5.74, 6) is 0.575. The van der Waals surface area contributed by atoms with E-state index in [2.05, 4.69) is 27.7 Å². The van der Waals surface area contributed by atoms with E-state index in [0.29, 0.717) is 35.5 Å². The number of nitrogens with zero attached hydrogens (tertiary/aromatic N) is 3. The molecule has 1 N–H and O–H groups in total. The summed E-state index contributed by atoms with van der Waals surface area (Å²) in [5, 5.41) is 10.6. The quantitative estimate of drug-likeness (QED) is 0.240. The number of ether oxygens (including phenoxy) is 2. The fraction of sp³-hybridized carbons (Fsp3) is 0.267. The van der Waals surface area contributed by atoms with Crippen molar-refractivity contribution in [3.8, 4) is 5.75 Å². The van der Waals surface area contributed by atoms with Crippen molar-refractivity contribution in [1.82, 2.24) is 14.5 Å². The second-order valence-electron chi connectivity index (χ2n) is 9.89. The van der Waals surface area contributed by atoms with Crippen molar-refractivity contribution in [2.45, 2.75) is 32.2 Å². The van der Waals surface area contributed by atoms with E-state index in [1.54, 1.807) is 36.4 Å². The number of aromatic carboxylic acids is 1. The van der Waals surface area contributed by atoms with Crippen LogP contribution in [0, 0.1) is 0 Å². The third-order valence-corrected chi connectivity index (χ3v) is 7.73. The fourth-order valence-corrected chi connectivity index (χ4v) is 5.48. The fourth-order valence-electron chi connectivity index (χ4n) is 5.02. The van der Waals surface area contributed by atoms with Gasteiger partial charge < -0.3 is 19.1 Å². The van der Waals surface area contributed by atoms with Gasteiger partial charge in [-0.05, 0) is 65.6 Å². The number of aromatic nitrogens is 2. The van der Waals surface area contributed by atoms with Gasteiger partial charge >= 0.3 is 5.97 Å². The number of imidazole rings is 1. The topological polar surface area (TPSA) is 76.8 Å². The van der Waals surface area contributed by atoms with Gasteiger partial charge in [-0.3, -0.25) is 4.90 Å². The van der Waals surface area contributed by atoms with Crippen LogP contribution in [0.15, 0.2) is 66.7 Å². The molecule has 4 aromatic rings. The highest BCUT2D eigenvalue weighted by Gasteiger charge is 2.24. The van der Waals surface area contributed by atoms with Crippen molar-refractivity contribution in [1.29, 1.82) is 0 Å². The molecule has 0 aliphatic carbocycles. The van der Waals surface area contributed by atoms with Crippen LogP contribution in [-0.2, 0) is 24.4 Å². The number of fused-ring (bicyclic) bond motifs is 1. The summed E-state index contributed by atoms with van der Waals surface area (Å²) in [6.07, 6.45) is 3.38. The van der Waals surface area contributed by atoms with Gasteiger partial charge in [0.2, 0.25) is 0 Å². The molecule has 0 spiro atoms. The van der Waals surface area contributed by atoms with Crippen LogP contribution in [0.4, 0.5) is 0 Å². The summed E-state index contributed by atoms with van der Waals surface area (Å²) in [4.78, 5) is 18.8. The van der Waals surface area contributed by atoms with Gasteiger partial charge in [0.15, 0.2) is 0 Å². The van der Waals surface area contributed by atoms with E-state index >= 15 is 0 Å². The van der Waals surface area contributed by atoms with Crippen molar-refractivity contribution in [2.75, 3.05) is 19.7 Å². The minimum absolute atomic E-state index is 0. The minimum Gasteiger partial charge on any atom is -0.487 e. The second-order valence-corrected chi connectivity index (χ2v) is 10.7. The molecule has 40 heavy (non-hydrogen) atoms. The molecule has 3 heterocycles. The van der Waals surface area contributed by atoms with E-state index in [4.69, 9.17) is 37.7 Å². The summed E-state index contributed by atoms with van der Waals surface area (Å²) in [7, 11) is 0. The summed E-state index contributed by atoms with van der Waals surface area (Å²) in [6.45, 7) is 4.09. The Balaban J connectivity index is 0.00000323. The number of rotatable bonds is 9. The maximum Gasteiger partial charge on any atom is 0.335 e. The number of hydrogen-bond donors (Lipinski definition) is 1. The van der Waals surface area contributed by atoms with Gasteiger partial charge in [-0.15, -0.1) is 0 Å². The average Bonchev–Trinajstić information content (AvgIpc) is 3.50. The first-order valence-electron chi connectivity index (χ1n) is 12.9. The summed E-state index contributed by atoms with van der Waals surface area (Å²) < 4.78 is 13.7. The molecule has 0 radical (unpaired) electrons. The molecule has 1 atom stereocenters. The second kappa shape index (κ2) is 12.2. The average molecular weight is 599 g/mol. The molecule has 10 heteroatoms. The Morgan fingerprint density at radius 1 is 1.12 bits per heavy atom. The highest BCUT2D eigenvalue weighted by Crippen LogP contribution is 2.29. The van der Waals surface area contributed by atoms with Gasteiger partial charge in [0, 0.05) is 24.7 Å². The van der Waals surface area contributed by atoms with Crippen LogP contribution in [0.5, 0.6) is 5.75 Å². The lowest BCUT2D eigenvalue weighted by molar-refractivity contribution is -0.0591. The van der Waals surface area contributed by atoms with Gasteiger partial charge in [-0.25, -0.2) is 9.78 Å². The Bertz CT molecular complexity index is 1580. The zero-order chi connectivity index (χ0) is 26.9. The third-order valence-electron chi connectivity index (χ3n) is 7.19. The number of benzene rings is 3. The van der Waals surface area contributed by atoms with E-state index in [0.717, 1.165) is 54.1 Å². The Morgan fingerprint density at radius 3 is 2.73 bits per heavy atom. The van der Waals surface area contributed by atoms with E-state index in [1.807, 2.05) is 12.1 Å². The maximum absolute atomic E-state index is 11.6. The largest absolute Gasteiger partial charge is 0.487 e. The van der Waals surface area contributed by atoms with Crippen molar-refractivity contribution in [3.05, 3.63) is 99.3 Å². The summed E-state index contributed by atoms with van der Waals surface area (Å²) in [5.41, 5.74) is 5.35. The van der Waals surface area contributed by atoms with Crippen LogP contribution < -0.4 is 4.74 Å². The summed E-state index contributed by atoms with van der Waals surface area (Å²) in [6, 6.07) is 18.7.